The van der Waals surface area contributed by atoms with Crippen LogP contribution >= 0.6 is 0 Å². The maximum atomic E-state index is 12.7. The Morgan fingerprint density at radius 2 is 1.52 bits per heavy atom. The van der Waals surface area contributed by atoms with Gasteiger partial charge in [-0.3, -0.25) is 4.79 Å². The Hall–Kier alpha value is -2.66. The zero-order chi connectivity index (χ0) is 18.0. The number of aryl methyl sites for hydroxylation is 1. The molecular weight excluding hydrogens is 316 g/mol. The summed E-state index contributed by atoms with van der Waals surface area (Å²) in [6, 6.07) is 12.5. The van der Waals surface area contributed by atoms with E-state index in [1.54, 1.807) is 24.3 Å². The van der Waals surface area contributed by atoms with Crippen LogP contribution in [0.1, 0.15) is 26.3 Å². The Bertz CT molecular complexity index is 791. The second-order valence-electron chi connectivity index (χ2n) is 6.51. The van der Waals surface area contributed by atoms with Crippen molar-refractivity contribution in [1.82, 2.24) is 9.80 Å². The number of rotatable bonds is 3. The van der Waals surface area contributed by atoms with Crippen LogP contribution in [0.25, 0.3) is 11.1 Å². The predicted octanol–water partition coefficient (Wildman–Crippen LogP) is 2.75. The minimum atomic E-state index is -0.934. The van der Waals surface area contributed by atoms with Gasteiger partial charge in [0.15, 0.2) is 0 Å². The summed E-state index contributed by atoms with van der Waals surface area (Å²) in [7, 11) is 2.07. The SMILES string of the molecule is Cc1cc(C(=O)N2CCN(C)CC2)ccc1-c1ccc(C(=O)O)cc1. The number of aromatic carboxylic acids is 1. The lowest BCUT2D eigenvalue weighted by Gasteiger charge is -2.32. The number of nitrogens with zero attached hydrogens (tertiary/aromatic N) is 2. The summed E-state index contributed by atoms with van der Waals surface area (Å²) in [5.74, 6) is -0.861. The predicted molar refractivity (Wildman–Crippen MR) is 97.0 cm³/mol. The fourth-order valence-corrected chi connectivity index (χ4v) is 3.11. The average Bonchev–Trinajstić information content (AvgIpc) is 2.62. The van der Waals surface area contributed by atoms with Crippen molar-refractivity contribution in [3.63, 3.8) is 0 Å². The summed E-state index contributed by atoms with van der Waals surface area (Å²) in [5, 5.41) is 8.99. The van der Waals surface area contributed by atoms with Crippen LogP contribution in [0.3, 0.4) is 0 Å². The van der Waals surface area contributed by atoms with E-state index in [2.05, 4.69) is 11.9 Å². The van der Waals surface area contributed by atoms with Crippen molar-refractivity contribution < 1.29 is 14.7 Å². The van der Waals surface area contributed by atoms with Crippen LogP contribution < -0.4 is 0 Å². The number of benzene rings is 2. The first-order chi connectivity index (χ1) is 12.0. The van der Waals surface area contributed by atoms with Gasteiger partial charge < -0.3 is 14.9 Å². The van der Waals surface area contributed by atoms with Crippen molar-refractivity contribution in [2.24, 2.45) is 0 Å². The largest absolute Gasteiger partial charge is 0.478 e. The van der Waals surface area contributed by atoms with Crippen molar-refractivity contribution in [3.05, 3.63) is 59.2 Å². The van der Waals surface area contributed by atoms with E-state index in [1.807, 2.05) is 30.0 Å². The normalized spacial score (nSPS) is 15.2. The molecule has 1 aliphatic rings. The lowest BCUT2D eigenvalue weighted by Crippen LogP contribution is -2.47. The Balaban J connectivity index is 1.80. The van der Waals surface area contributed by atoms with E-state index in [0.29, 0.717) is 5.56 Å². The molecule has 0 unspecified atom stereocenters. The number of amides is 1. The van der Waals surface area contributed by atoms with Gasteiger partial charge in [0.2, 0.25) is 0 Å². The van der Waals surface area contributed by atoms with E-state index in [1.165, 1.54) is 0 Å². The highest BCUT2D eigenvalue weighted by Gasteiger charge is 2.20. The van der Waals surface area contributed by atoms with Gasteiger partial charge in [0.1, 0.15) is 0 Å². The molecule has 2 aromatic carbocycles. The Labute approximate surface area is 147 Å². The Kier molecular flexibility index (Phi) is 4.86. The van der Waals surface area contributed by atoms with Gasteiger partial charge in [0, 0.05) is 31.7 Å². The highest BCUT2D eigenvalue weighted by atomic mass is 16.4. The smallest absolute Gasteiger partial charge is 0.335 e. The summed E-state index contributed by atoms with van der Waals surface area (Å²) in [4.78, 5) is 27.7. The monoisotopic (exact) mass is 338 g/mol. The third-order valence-electron chi connectivity index (χ3n) is 4.71. The average molecular weight is 338 g/mol. The minimum Gasteiger partial charge on any atom is -0.478 e. The molecule has 5 heteroatoms. The molecule has 1 heterocycles. The minimum absolute atomic E-state index is 0.0731. The summed E-state index contributed by atoms with van der Waals surface area (Å²) in [6.45, 7) is 5.29. The van der Waals surface area contributed by atoms with Crippen molar-refractivity contribution in [1.29, 1.82) is 0 Å². The fourth-order valence-electron chi connectivity index (χ4n) is 3.11. The first kappa shape index (κ1) is 17.2. The fraction of sp³-hybridized carbons (Fsp3) is 0.300. The van der Waals surface area contributed by atoms with E-state index in [0.717, 1.165) is 42.9 Å². The third kappa shape index (κ3) is 3.72. The Morgan fingerprint density at radius 3 is 2.08 bits per heavy atom. The maximum absolute atomic E-state index is 12.7. The van der Waals surface area contributed by atoms with E-state index in [4.69, 9.17) is 5.11 Å². The van der Waals surface area contributed by atoms with Gasteiger partial charge in [0.05, 0.1) is 5.56 Å². The molecule has 3 rings (SSSR count). The summed E-state index contributed by atoms with van der Waals surface area (Å²) in [6.07, 6.45) is 0. The Morgan fingerprint density at radius 1 is 0.920 bits per heavy atom. The summed E-state index contributed by atoms with van der Waals surface area (Å²) >= 11 is 0. The van der Waals surface area contributed by atoms with Crippen molar-refractivity contribution in [3.8, 4) is 11.1 Å². The molecule has 25 heavy (non-hydrogen) atoms. The van der Waals surface area contributed by atoms with Gasteiger partial charge in [-0.05, 0) is 54.9 Å². The standard InChI is InChI=1S/C20H22N2O3/c1-14-13-17(19(23)22-11-9-21(2)10-12-22)7-8-18(14)15-3-5-16(6-4-15)20(24)25/h3-8,13H,9-12H2,1-2H3,(H,24,25). The molecule has 0 radical (unpaired) electrons. The number of piperazine rings is 1. The summed E-state index contributed by atoms with van der Waals surface area (Å²) in [5.41, 5.74) is 3.92. The highest BCUT2D eigenvalue weighted by molar-refractivity contribution is 5.95. The number of hydrogen-bond donors (Lipinski definition) is 1. The molecule has 1 fully saturated rings. The molecule has 0 bridgehead atoms. The van der Waals surface area contributed by atoms with Gasteiger partial charge in [-0.2, -0.15) is 0 Å². The van der Waals surface area contributed by atoms with E-state index in [-0.39, 0.29) is 11.5 Å². The van der Waals surface area contributed by atoms with E-state index >= 15 is 0 Å². The lowest BCUT2D eigenvalue weighted by atomic mass is 9.97. The van der Waals surface area contributed by atoms with Gasteiger partial charge >= 0.3 is 5.97 Å². The molecule has 5 nitrogen and oxygen atoms in total. The van der Waals surface area contributed by atoms with Crippen molar-refractivity contribution in [2.75, 3.05) is 33.2 Å². The molecule has 0 atom stereocenters. The molecule has 0 aromatic heterocycles. The number of likely N-dealkylation sites (N-methyl/N-ethyl adjacent to an activating group) is 1. The molecular formula is C20H22N2O3. The zero-order valence-corrected chi connectivity index (χ0v) is 14.5. The lowest BCUT2D eigenvalue weighted by molar-refractivity contribution is 0.0662. The second-order valence-corrected chi connectivity index (χ2v) is 6.51. The quantitative estimate of drug-likeness (QED) is 0.935. The van der Waals surface area contributed by atoms with E-state index in [9.17, 15) is 9.59 Å². The van der Waals surface area contributed by atoms with Crippen molar-refractivity contribution >= 4 is 11.9 Å². The van der Waals surface area contributed by atoms with Crippen LogP contribution in [-0.4, -0.2) is 60.0 Å². The first-order valence-corrected chi connectivity index (χ1v) is 8.38. The number of carbonyl (C=O) groups is 2. The molecule has 0 spiro atoms. The van der Waals surface area contributed by atoms with Crippen LogP contribution in [0.4, 0.5) is 0 Å². The number of carboxylic acids is 1. The molecule has 1 N–H and O–H groups in total. The van der Waals surface area contributed by atoms with Gasteiger partial charge in [-0.25, -0.2) is 4.79 Å². The summed E-state index contributed by atoms with van der Waals surface area (Å²) < 4.78 is 0. The van der Waals surface area contributed by atoms with Crippen molar-refractivity contribution in [2.45, 2.75) is 6.92 Å². The number of carbonyl (C=O) groups excluding carboxylic acids is 1. The highest BCUT2D eigenvalue weighted by Crippen LogP contribution is 2.25. The molecule has 0 saturated carbocycles. The second kappa shape index (κ2) is 7.07. The van der Waals surface area contributed by atoms with Gasteiger partial charge in [-0.15, -0.1) is 0 Å². The van der Waals surface area contributed by atoms with Gasteiger partial charge in [-0.1, -0.05) is 18.2 Å². The molecule has 0 aliphatic carbocycles. The molecule has 2 aromatic rings. The topological polar surface area (TPSA) is 60.9 Å². The molecule has 1 amide bonds. The molecule has 130 valence electrons. The number of carboxylic acid groups (broad SMARTS) is 1. The van der Waals surface area contributed by atoms with Crippen LogP contribution in [0.15, 0.2) is 42.5 Å². The van der Waals surface area contributed by atoms with E-state index < -0.39 is 5.97 Å². The van der Waals surface area contributed by atoms with Crippen LogP contribution in [0.2, 0.25) is 0 Å². The molecule has 1 saturated heterocycles. The zero-order valence-electron chi connectivity index (χ0n) is 14.5. The third-order valence-corrected chi connectivity index (χ3v) is 4.71. The number of hydrogen-bond acceptors (Lipinski definition) is 3. The first-order valence-electron chi connectivity index (χ1n) is 8.38. The molecule has 1 aliphatic heterocycles. The van der Waals surface area contributed by atoms with Crippen LogP contribution in [0, 0.1) is 6.92 Å². The van der Waals surface area contributed by atoms with Crippen LogP contribution in [-0.2, 0) is 0 Å². The van der Waals surface area contributed by atoms with Crippen LogP contribution in [0.5, 0.6) is 0 Å². The maximum Gasteiger partial charge on any atom is 0.335 e. The van der Waals surface area contributed by atoms with Gasteiger partial charge in [0.25, 0.3) is 5.91 Å².